The van der Waals surface area contributed by atoms with E-state index in [1.54, 1.807) is 12.2 Å². The Hall–Kier alpha value is -1.58. The lowest BCUT2D eigenvalue weighted by Gasteiger charge is -1.94. The zero-order valence-corrected chi connectivity index (χ0v) is 6.78. The second-order valence-electron chi connectivity index (χ2n) is 2.00. The number of allylic oxidation sites excluding steroid dienone is 3. The molecule has 4 nitrogen and oxygen atoms in total. The van der Waals surface area contributed by atoms with E-state index in [-0.39, 0.29) is 6.54 Å². The van der Waals surface area contributed by atoms with Gasteiger partial charge < -0.3 is 10.4 Å². The van der Waals surface area contributed by atoms with Gasteiger partial charge in [0, 0.05) is 6.08 Å². The molecule has 0 aliphatic rings. The summed E-state index contributed by atoms with van der Waals surface area (Å²) in [4.78, 5) is 20.7. The molecule has 0 aromatic carbocycles. The first kappa shape index (κ1) is 10.4. The fraction of sp³-hybridized carbons (Fsp3) is 0.250. The number of nitrogens with one attached hydrogen (secondary N) is 1. The van der Waals surface area contributed by atoms with E-state index in [0.717, 1.165) is 0 Å². The van der Waals surface area contributed by atoms with Crippen LogP contribution < -0.4 is 5.32 Å². The molecule has 0 heterocycles. The SMILES string of the molecule is C/C=C/C=C/C(=O)NCC(=O)O. The molecule has 0 atom stereocenters. The number of hydrogen-bond donors (Lipinski definition) is 2. The first-order valence-electron chi connectivity index (χ1n) is 3.45. The van der Waals surface area contributed by atoms with Gasteiger partial charge in [-0.3, -0.25) is 9.59 Å². The lowest BCUT2D eigenvalue weighted by atomic mass is 10.4. The summed E-state index contributed by atoms with van der Waals surface area (Å²) >= 11 is 0. The predicted octanol–water partition coefficient (Wildman–Crippen LogP) is 0.319. The molecular weight excluding hydrogens is 158 g/mol. The van der Waals surface area contributed by atoms with Gasteiger partial charge in [0.1, 0.15) is 6.54 Å². The topological polar surface area (TPSA) is 66.4 Å². The highest BCUT2D eigenvalue weighted by Gasteiger charge is 1.97. The third-order valence-corrected chi connectivity index (χ3v) is 0.965. The number of rotatable bonds is 4. The van der Waals surface area contributed by atoms with E-state index in [4.69, 9.17) is 5.11 Å². The standard InChI is InChI=1S/C8H11NO3/c1-2-3-4-5-7(10)9-6-8(11)12/h2-5H,6H2,1H3,(H,9,10)(H,11,12)/b3-2+,5-4+. The van der Waals surface area contributed by atoms with Gasteiger partial charge in [0.05, 0.1) is 0 Å². The Bertz CT molecular complexity index is 218. The molecule has 0 saturated heterocycles. The monoisotopic (exact) mass is 169 g/mol. The zero-order chi connectivity index (χ0) is 9.40. The fourth-order valence-electron chi connectivity index (χ4n) is 0.476. The molecule has 0 rings (SSSR count). The van der Waals surface area contributed by atoms with Crippen molar-refractivity contribution in [1.82, 2.24) is 5.32 Å². The van der Waals surface area contributed by atoms with E-state index in [0.29, 0.717) is 0 Å². The molecule has 2 N–H and O–H groups in total. The van der Waals surface area contributed by atoms with Gasteiger partial charge in [-0.15, -0.1) is 0 Å². The molecule has 0 bridgehead atoms. The summed E-state index contributed by atoms with van der Waals surface area (Å²) < 4.78 is 0. The quantitative estimate of drug-likeness (QED) is 0.470. The van der Waals surface area contributed by atoms with Crippen LogP contribution in [0.1, 0.15) is 6.92 Å². The Kier molecular flexibility index (Phi) is 5.34. The number of carboxylic acid groups (broad SMARTS) is 1. The Morgan fingerprint density at radius 1 is 1.42 bits per heavy atom. The fourth-order valence-corrected chi connectivity index (χ4v) is 0.476. The average molecular weight is 169 g/mol. The molecular formula is C8H11NO3. The van der Waals surface area contributed by atoms with Crippen molar-refractivity contribution in [3.05, 3.63) is 24.3 Å². The van der Waals surface area contributed by atoms with Crippen LogP contribution in [0.25, 0.3) is 0 Å². The van der Waals surface area contributed by atoms with Gasteiger partial charge >= 0.3 is 5.97 Å². The number of carboxylic acids is 1. The highest BCUT2D eigenvalue weighted by atomic mass is 16.4. The molecule has 4 heteroatoms. The number of carbonyl (C=O) groups excluding carboxylic acids is 1. The minimum atomic E-state index is -1.05. The largest absolute Gasteiger partial charge is 0.480 e. The predicted molar refractivity (Wildman–Crippen MR) is 44.6 cm³/mol. The van der Waals surface area contributed by atoms with Crippen LogP contribution in [0.15, 0.2) is 24.3 Å². The lowest BCUT2D eigenvalue weighted by Crippen LogP contribution is -2.27. The number of amides is 1. The van der Waals surface area contributed by atoms with Crippen molar-refractivity contribution >= 4 is 11.9 Å². The molecule has 66 valence electrons. The summed E-state index contributed by atoms with van der Waals surface area (Å²) in [6.45, 7) is 1.47. The van der Waals surface area contributed by atoms with Gasteiger partial charge in [-0.25, -0.2) is 0 Å². The minimum absolute atomic E-state index is 0.348. The van der Waals surface area contributed by atoms with Gasteiger partial charge in [-0.05, 0) is 6.92 Å². The van der Waals surface area contributed by atoms with Gasteiger partial charge in [-0.1, -0.05) is 18.2 Å². The molecule has 0 fully saturated rings. The van der Waals surface area contributed by atoms with Crippen molar-refractivity contribution in [2.24, 2.45) is 0 Å². The Labute approximate surface area is 70.6 Å². The van der Waals surface area contributed by atoms with Crippen LogP contribution in [0.2, 0.25) is 0 Å². The maximum absolute atomic E-state index is 10.7. The summed E-state index contributed by atoms with van der Waals surface area (Å²) in [6, 6.07) is 0. The van der Waals surface area contributed by atoms with Gasteiger partial charge in [0.2, 0.25) is 5.91 Å². The van der Waals surface area contributed by atoms with Gasteiger partial charge in [-0.2, -0.15) is 0 Å². The first-order valence-corrected chi connectivity index (χ1v) is 3.45. The number of carbonyl (C=O) groups is 2. The van der Waals surface area contributed by atoms with Crippen LogP contribution in [0, 0.1) is 0 Å². The van der Waals surface area contributed by atoms with E-state index in [2.05, 4.69) is 5.32 Å². The molecule has 0 unspecified atom stereocenters. The normalized spacial score (nSPS) is 10.8. The van der Waals surface area contributed by atoms with Crippen molar-refractivity contribution in [2.45, 2.75) is 6.92 Å². The lowest BCUT2D eigenvalue weighted by molar-refractivity contribution is -0.137. The summed E-state index contributed by atoms with van der Waals surface area (Å²) in [5, 5.41) is 10.4. The van der Waals surface area contributed by atoms with Gasteiger partial charge in [0.25, 0.3) is 0 Å². The Morgan fingerprint density at radius 3 is 2.58 bits per heavy atom. The molecule has 0 aromatic rings. The minimum Gasteiger partial charge on any atom is -0.480 e. The Balaban J connectivity index is 3.67. The Morgan fingerprint density at radius 2 is 2.08 bits per heavy atom. The molecule has 0 aliphatic heterocycles. The van der Waals surface area contributed by atoms with Crippen molar-refractivity contribution in [1.29, 1.82) is 0 Å². The molecule has 0 radical (unpaired) electrons. The van der Waals surface area contributed by atoms with Gasteiger partial charge in [0.15, 0.2) is 0 Å². The molecule has 0 spiro atoms. The molecule has 0 saturated carbocycles. The molecule has 0 aliphatic carbocycles. The highest BCUT2D eigenvalue weighted by molar-refractivity contribution is 5.90. The summed E-state index contributed by atoms with van der Waals surface area (Å²) in [5.41, 5.74) is 0. The third kappa shape index (κ3) is 6.54. The summed E-state index contributed by atoms with van der Waals surface area (Å²) in [7, 11) is 0. The first-order chi connectivity index (χ1) is 5.66. The maximum atomic E-state index is 10.7. The average Bonchev–Trinajstić information content (AvgIpc) is 2.01. The maximum Gasteiger partial charge on any atom is 0.322 e. The van der Waals surface area contributed by atoms with Crippen molar-refractivity contribution in [2.75, 3.05) is 6.54 Å². The van der Waals surface area contributed by atoms with Crippen molar-refractivity contribution in [3.8, 4) is 0 Å². The van der Waals surface area contributed by atoms with Crippen LogP contribution in [0.3, 0.4) is 0 Å². The van der Waals surface area contributed by atoms with E-state index >= 15 is 0 Å². The van der Waals surface area contributed by atoms with Crippen LogP contribution in [-0.2, 0) is 9.59 Å². The van der Waals surface area contributed by atoms with E-state index in [1.807, 2.05) is 6.92 Å². The third-order valence-electron chi connectivity index (χ3n) is 0.965. The van der Waals surface area contributed by atoms with Crippen LogP contribution in [0.4, 0.5) is 0 Å². The molecule has 0 aromatic heterocycles. The smallest absolute Gasteiger partial charge is 0.322 e. The summed E-state index contributed by atoms with van der Waals surface area (Å²) in [6.07, 6.45) is 6.25. The van der Waals surface area contributed by atoms with Crippen LogP contribution >= 0.6 is 0 Å². The number of aliphatic carboxylic acids is 1. The van der Waals surface area contributed by atoms with E-state index in [9.17, 15) is 9.59 Å². The second-order valence-corrected chi connectivity index (χ2v) is 2.00. The molecule has 1 amide bonds. The molecule has 12 heavy (non-hydrogen) atoms. The van der Waals surface area contributed by atoms with Crippen molar-refractivity contribution < 1.29 is 14.7 Å². The van der Waals surface area contributed by atoms with E-state index in [1.165, 1.54) is 12.2 Å². The second kappa shape index (κ2) is 6.15. The number of hydrogen-bond acceptors (Lipinski definition) is 2. The zero-order valence-electron chi connectivity index (χ0n) is 6.78. The van der Waals surface area contributed by atoms with Crippen molar-refractivity contribution in [3.63, 3.8) is 0 Å². The summed E-state index contributed by atoms with van der Waals surface area (Å²) in [5.74, 6) is -1.46. The highest BCUT2D eigenvalue weighted by Crippen LogP contribution is 1.76. The van der Waals surface area contributed by atoms with E-state index < -0.39 is 11.9 Å². The van der Waals surface area contributed by atoms with Crippen LogP contribution in [0.5, 0.6) is 0 Å². The van der Waals surface area contributed by atoms with Crippen LogP contribution in [-0.4, -0.2) is 23.5 Å².